The molecule has 0 atom stereocenters. The lowest BCUT2D eigenvalue weighted by Gasteiger charge is -2.01. The molecule has 0 rings (SSSR count). The Bertz CT molecular complexity index is 273. The van der Waals surface area contributed by atoms with Gasteiger partial charge in [-0.1, -0.05) is 32.1 Å². The third-order valence-corrected chi connectivity index (χ3v) is 2.69. The van der Waals surface area contributed by atoms with Crippen LogP contribution in [0.25, 0.3) is 0 Å². The van der Waals surface area contributed by atoms with Gasteiger partial charge in [0.05, 0.1) is 0 Å². The first-order chi connectivity index (χ1) is 8.52. The number of ketones is 1. The number of carbonyl (C=O) groups excluding carboxylic acids is 1. The van der Waals surface area contributed by atoms with E-state index in [1.165, 1.54) is 0 Å². The highest BCUT2D eigenvalue weighted by molar-refractivity contribution is 5.94. The van der Waals surface area contributed by atoms with E-state index in [9.17, 15) is 14.4 Å². The third-order valence-electron chi connectivity index (χ3n) is 2.69. The Hall–Kier alpha value is -1.39. The van der Waals surface area contributed by atoms with Crippen molar-refractivity contribution in [1.29, 1.82) is 0 Å². The fraction of sp³-hybridized carbons (Fsp3) is 0.769. The van der Waals surface area contributed by atoms with Crippen molar-refractivity contribution < 1.29 is 24.6 Å². The molecule has 0 amide bonds. The molecule has 5 nitrogen and oxygen atoms in total. The molecule has 0 spiro atoms. The fourth-order valence-corrected chi connectivity index (χ4v) is 1.74. The molecule has 0 aromatic carbocycles. The molecule has 0 bridgehead atoms. The maximum atomic E-state index is 11.1. The van der Waals surface area contributed by atoms with E-state index in [2.05, 4.69) is 0 Å². The van der Waals surface area contributed by atoms with E-state index in [1.807, 2.05) is 0 Å². The highest BCUT2D eigenvalue weighted by atomic mass is 16.4. The Labute approximate surface area is 107 Å². The van der Waals surface area contributed by atoms with Crippen LogP contribution in [0.5, 0.6) is 0 Å². The second kappa shape index (κ2) is 10.7. The van der Waals surface area contributed by atoms with Crippen LogP contribution in [0.3, 0.4) is 0 Å². The molecule has 0 heterocycles. The molecule has 0 saturated heterocycles. The minimum absolute atomic E-state index is 0.205. The number of carboxylic acids is 2. The average molecular weight is 258 g/mol. The van der Waals surface area contributed by atoms with Crippen molar-refractivity contribution in [1.82, 2.24) is 0 Å². The monoisotopic (exact) mass is 258 g/mol. The molecule has 0 fully saturated rings. The first kappa shape index (κ1) is 16.6. The van der Waals surface area contributed by atoms with Crippen LogP contribution in [-0.4, -0.2) is 27.9 Å². The minimum atomic E-state index is -1.06. The van der Waals surface area contributed by atoms with Crippen LogP contribution in [0.15, 0.2) is 0 Å². The van der Waals surface area contributed by atoms with Gasteiger partial charge in [-0.15, -0.1) is 0 Å². The number of hydrogen-bond donors (Lipinski definition) is 2. The fourth-order valence-electron chi connectivity index (χ4n) is 1.74. The molecule has 5 heteroatoms. The van der Waals surface area contributed by atoms with Gasteiger partial charge >= 0.3 is 11.9 Å². The number of aliphatic carboxylic acids is 2. The summed E-state index contributed by atoms with van der Waals surface area (Å²) in [5.41, 5.74) is 0. The lowest BCUT2D eigenvalue weighted by molar-refractivity contribution is -0.140. The molecular weight excluding hydrogens is 236 g/mol. The molecule has 0 saturated carbocycles. The van der Waals surface area contributed by atoms with Crippen LogP contribution in [0.1, 0.15) is 64.2 Å². The lowest BCUT2D eigenvalue weighted by Crippen LogP contribution is -2.05. The predicted molar refractivity (Wildman–Crippen MR) is 66.4 cm³/mol. The molecule has 0 aliphatic heterocycles. The summed E-state index contributed by atoms with van der Waals surface area (Å²) in [7, 11) is 0. The van der Waals surface area contributed by atoms with Gasteiger partial charge in [0.25, 0.3) is 0 Å². The van der Waals surface area contributed by atoms with Crippen LogP contribution in [0.2, 0.25) is 0 Å². The zero-order chi connectivity index (χ0) is 13.8. The Kier molecular flexibility index (Phi) is 9.91. The molecule has 18 heavy (non-hydrogen) atoms. The summed E-state index contributed by atoms with van der Waals surface area (Å²) in [5, 5.41) is 16.8. The van der Waals surface area contributed by atoms with Gasteiger partial charge in [-0.2, -0.15) is 0 Å². The van der Waals surface area contributed by atoms with Crippen LogP contribution < -0.4 is 0 Å². The normalized spacial score (nSPS) is 10.2. The third kappa shape index (κ3) is 12.7. The quantitative estimate of drug-likeness (QED) is 0.414. The van der Waals surface area contributed by atoms with Gasteiger partial charge in [0.2, 0.25) is 0 Å². The summed E-state index contributed by atoms with van der Waals surface area (Å²) in [6.07, 6.45) is 6.67. The molecule has 0 unspecified atom stereocenters. The first-order valence-electron chi connectivity index (χ1n) is 6.47. The second-order valence-corrected chi connectivity index (χ2v) is 4.48. The largest absolute Gasteiger partial charge is 0.481 e. The van der Waals surface area contributed by atoms with Crippen LogP contribution in [0, 0.1) is 0 Å². The molecule has 0 radical (unpaired) electrons. The van der Waals surface area contributed by atoms with Gasteiger partial charge in [0.1, 0.15) is 12.2 Å². The molecule has 0 aliphatic rings. The maximum Gasteiger partial charge on any atom is 0.310 e. The van der Waals surface area contributed by atoms with Crippen molar-refractivity contribution in [3.8, 4) is 0 Å². The van der Waals surface area contributed by atoms with E-state index >= 15 is 0 Å². The summed E-state index contributed by atoms with van der Waals surface area (Å²) in [5.74, 6) is -2.01. The molecule has 104 valence electrons. The van der Waals surface area contributed by atoms with Crippen molar-refractivity contribution in [3.05, 3.63) is 0 Å². The summed E-state index contributed by atoms with van der Waals surface area (Å²) < 4.78 is 0. The molecule has 0 aromatic heterocycles. The van der Waals surface area contributed by atoms with Gasteiger partial charge in [0.15, 0.2) is 0 Å². The van der Waals surface area contributed by atoms with E-state index in [1.54, 1.807) is 0 Å². The zero-order valence-electron chi connectivity index (χ0n) is 10.7. The first-order valence-corrected chi connectivity index (χ1v) is 6.47. The maximum absolute atomic E-state index is 11.1. The van der Waals surface area contributed by atoms with Crippen molar-refractivity contribution in [2.75, 3.05) is 0 Å². The smallest absolute Gasteiger partial charge is 0.310 e. The minimum Gasteiger partial charge on any atom is -0.481 e. The van der Waals surface area contributed by atoms with Crippen molar-refractivity contribution in [3.63, 3.8) is 0 Å². The van der Waals surface area contributed by atoms with E-state index in [0.717, 1.165) is 44.9 Å². The van der Waals surface area contributed by atoms with Gasteiger partial charge in [-0.25, -0.2) is 0 Å². The topological polar surface area (TPSA) is 91.7 Å². The highest BCUT2D eigenvalue weighted by Gasteiger charge is 2.06. The SMILES string of the molecule is O=C(O)CCCCCCCCCC(=O)CC(=O)O. The molecule has 0 aromatic rings. The van der Waals surface area contributed by atoms with E-state index in [-0.39, 0.29) is 18.6 Å². The van der Waals surface area contributed by atoms with Gasteiger partial charge < -0.3 is 10.2 Å². The standard InChI is InChI=1S/C13H22O5/c14-11(10-13(17)18)8-6-4-2-1-3-5-7-9-12(15)16/h1-10H2,(H,15,16)(H,17,18). The van der Waals surface area contributed by atoms with Crippen molar-refractivity contribution >= 4 is 17.7 Å². The van der Waals surface area contributed by atoms with Crippen LogP contribution in [-0.2, 0) is 14.4 Å². The Balaban J connectivity index is 3.18. The number of unbranched alkanes of at least 4 members (excludes halogenated alkanes) is 6. The molecule has 2 N–H and O–H groups in total. The Morgan fingerprint density at radius 2 is 1.06 bits per heavy atom. The van der Waals surface area contributed by atoms with Gasteiger partial charge in [-0.3, -0.25) is 14.4 Å². The predicted octanol–water partition coefficient (Wildman–Crippen LogP) is 2.63. The average Bonchev–Trinajstić information content (AvgIpc) is 2.25. The van der Waals surface area contributed by atoms with Crippen LogP contribution in [0.4, 0.5) is 0 Å². The molecule has 0 aliphatic carbocycles. The summed E-state index contributed by atoms with van der Waals surface area (Å²) in [6, 6.07) is 0. The Morgan fingerprint density at radius 1 is 0.611 bits per heavy atom. The van der Waals surface area contributed by atoms with Gasteiger partial charge in [0, 0.05) is 12.8 Å². The zero-order valence-corrected chi connectivity index (χ0v) is 10.7. The summed E-state index contributed by atoms with van der Waals surface area (Å²) in [4.78, 5) is 31.5. The number of carboxylic acid groups (broad SMARTS) is 2. The van der Waals surface area contributed by atoms with E-state index in [0.29, 0.717) is 6.42 Å². The Morgan fingerprint density at radius 3 is 1.50 bits per heavy atom. The number of rotatable bonds is 12. The summed E-state index contributed by atoms with van der Waals surface area (Å²) in [6.45, 7) is 0. The van der Waals surface area contributed by atoms with Gasteiger partial charge in [-0.05, 0) is 12.8 Å². The van der Waals surface area contributed by atoms with Crippen LogP contribution >= 0.6 is 0 Å². The van der Waals surface area contributed by atoms with Crippen molar-refractivity contribution in [2.45, 2.75) is 64.2 Å². The van der Waals surface area contributed by atoms with E-state index in [4.69, 9.17) is 10.2 Å². The summed E-state index contributed by atoms with van der Waals surface area (Å²) >= 11 is 0. The second-order valence-electron chi connectivity index (χ2n) is 4.48. The van der Waals surface area contributed by atoms with Crippen molar-refractivity contribution in [2.24, 2.45) is 0 Å². The number of hydrogen-bond acceptors (Lipinski definition) is 3. The number of carbonyl (C=O) groups is 3. The lowest BCUT2D eigenvalue weighted by atomic mass is 10.1. The van der Waals surface area contributed by atoms with E-state index < -0.39 is 11.9 Å². The highest BCUT2D eigenvalue weighted by Crippen LogP contribution is 2.10. The molecular formula is C13H22O5. The number of Topliss-reactive ketones (excluding diaryl/α,β-unsaturated/α-hetero) is 1.